The molecule has 0 saturated carbocycles. The average molecular weight is 246 g/mol. The Kier molecular flexibility index (Phi) is 3.06. The number of aromatic hydroxyl groups is 1. The zero-order valence-electron chi connectivity index (χ0n) is 10.2. The molecule has 0 aliphatic carbocycles. The van der Waals surface area contributed by atoms with Crippen molar-refractivity contribution in [2.45, 2.75) is 20.4 Å². The molecule has 0 spiro atoms. The van der Waals surface area contributed by atoms with Crippen LogP contribution in [0.1, 0.15) is 27.3 Å². The van der Waals surface area contributed by atoms with Crippen LogP contribution < -0.4 is 0 Å². The number of rotatable bonds is 3. The van der Waals surface area contributed by atoms with Crippen LogP contribution in [-0.2, 0) is 6.54 Å². The number of aromatic nitrogens is 2. The van der Waals surface area contributed by atoms with Gasteiger partial charge in [-0.15, -0.1) is 0 Å². The van der Waals surface area contributed by atoms with Gasteiger partial charge in [0.25, 0.3) is 0 Å². The number of carboxylic acid groups (broad SMARTS) is 1. The predicted molar refractivity (Wildman–Crippen MR) is 65.9 cm³/mol. The van der Waals surface area contributed by atoms with Gasteiger partial charge in [0, 0.05) is 0 Å². The van der Waals surface area contributed by atoms with E-state index in [4.69, 9.17) is 5.11 Å². The number of carboxylic acids is 1. The molecule has 1 aromatic carbocycles. The maximum atomic E-state index is 11.1. The van der Waals surface area contributed by atoms with Crippen LogP contribution in [0, 0.1) is 13.8 Å². The summed E-state index contributed by atoms with van der Waals surface area (Å²) < 4.78 is 1.66. The van der Waals surface area contributed by atoms with Crippen LogP contribution in [0.3, 0.4) is 0 Å². The first-order chi connectivity index (χ1) is 8.49. The molecule has 18 heavy (non-hydrogen) atoms. The summed E-state index contributed by atoms with van der Waals surface area (Å²) in [5.74, 6) is -0.750. The van der Waals surface area contributed by atoms with E-state index in [2.05, 4.69) is 5.10 Å². The van der Waals surface area contributed by atoms with Crippen LogP contribution in [0.15, 0.2) is 24.3 Å². The summed E-state index contributed by atoms with van der Waals surface area (Å²) >= 11 is 0. The van der Waals surface area contributed by atoms with Crippen molar-refractivity contribution in [3.05, 3.63) is 46.8 Å². The van der Waals surface area contributed by atoms with Crippen molar-refractivity contribution in [1.82, 2.24) is 9.78 Å². The third-order valence-electron chi connectivity index (χ3n) is 2.86. The topological polar surface area (TPSA) is 75.3 Å². The van der Waals surface area contributed by atoms with Crippen molar-refractivity contribution < 1.29 is 15.0 Å². The summed E-state index contributed by atoms with van der Waals surface area (Å²) in [7, 11) is 0. The van der Waals surface area contributed by atoms with Gasteiger partial charge in [-0.05, 0) is 31.5 Å². The van der Waals surface area contributed by atoms with Gasteiger partial charge in [0.05, 0.1) is 17.9 Å². The van der Waals surface area contributed by atoms with Gasteiger partial charge in [-0.1, -0.05) is 12.1 Å². The molecule has 1 aromatic heterocycles. The number of hydrogen-bond acceptors (Lipinski definition) is 3. The molecule has 2 N–H and O–H groups in total. The lowest BCUT2D eigenvalue weighted by atomic mass is 10.2. The van der Waals surface area contributed by atoms with Gasteiger partial charge < -0.3 is 10.2 Å². The molecule has 94 valence electrons. The number of nitrogens with zero attached hydrogens (tertiary/aromatic N) is 2. The number of aryl methyl sites for hydroxylation is 1. The van der Waals surface area contributed by atoms with Crippen LogP contribution in [0.5, 0.6) is 5.75 Å². The van der Waals surface area contributed by atoms with E-state index in [9.17, 15) is 9.90 Å². The van der Waals surface area contributed by atoms with E-state index in [1.165, 1.54) is 0 Å². The Morgan fingerprint density at radius 3 is 2.39 bits per heavy atom. The lowest BCUT2D eigenvalue weighted by Gasteiger charge is -2.05. The number of hydrogen-bond donors (Lipinski definition) is 2. The summed E-state index contributed by atoms with van der Waals surface area (Å²) in [6, 6.07) is 6.76. The minimum atomic E-state index is -0.957. The standard InChI is InChI=1S/C13H14N2O3/c1-8-12(13(17)18)9(2)15(14-8)7-10-3-5-11(16)6-4-10/h3-6,16H,7H2,1-2H3,(H,17,18). The number of phenols is 1. The Morgan fingerprint density at radius 1 is 1.28 bits per heavy atom. The maximum Gasteiger partial charge on any atom is 0.339 e. The molecule has 5 nitrogen and oxygen atoms in total. The van der Waals surface area contributed by atoms with Crippen LogP contribution >= 0.6 is 0 Å². The zero-order valence-corrected chi connectivity index (χ0v) is 10.2. The average Bonchev–Trinajstić information content (AvgIpc) is 2.57. The first-order valence-corrected chi connectivity index (χ1v) is 5.54. The highest BCUT2D eigenvalue weighted by Gasteiger charge is 2.17. The summed E-state index contributed by atoms with van der Waals surface area (Å²) in [6.07, 6.45) is 0. The Bertz CT molecular complexity index is 585. The van der Waals surface area contributed by atoms with E-state index < -0.39 is 5.97 Å². The van der Waals surface area contributed by atoms with Gasteiger partial charge in [-0.3, -0.25) is 4.68 Å². The summed E-state index contributed by atoms with van der Waals surface area (Å²) in [6.45, 7) is 3.91. The number of benzene rings is 1. The van der Waals surface area contributed by atoms with E-state index >= 15 is 0 Å². The van der Waals surface area contributed by atoms with Crippen LogP contribution in [0.2, 0.25) is 0 Å². The van der Waals surface area contributed by atoms with Crippen molar-refractivity contribution in [3.63, 3.8) is 0 Å². The first-order valence-electron chi connectivity index (χ1n) is 5.54. The molecule has 0 unspecified atom stereocenters. The number of phenolic OH excluding ortho intramolecular Hbond substituents is 1. The van der Waals surface area contributed by atoms with Gasteiger partial charge in [-0.2, -0.15) is 5.10 Å². The second-order valence-corrected chi connectivity index (χ2v) is 4.18. The minimum absolute atomic E-state index is 0.207. The van der Waals surface area contributed by atoms with E-state index in [-0.39, 0.29) is 11.3 Å². The highest BCUT2D eigenvalue weighted by molar-refractivity contribution is 5.90. The Morgan fingerprint density at radius 2 is 1.89 bits per heavy atom. The predicted octanol–water partition coefficient (Wildman–Crippen LogP) is 1.95. The van der Waals surface area contributed by atoms with Crippen LogP contribution in [0.4, 0.5) is 0 Å². The highest BCUT2D eigenvalue weighted by atomic mass is 16.4. The lowest BCUT2D eigenvalue weighted by molar-refractivity contribution is 0.0695. The molecule has 0 radical (unpaired) electrons. The third kappa shape index (κ3) is 2.20. The van der Waals surface area contributed by atoms with Gasteiger partial charge in [0.2, 0.25) is 0 Å². The van der Waals surface area contributed by atoms with Crippen molar-refractivity contribution in [3.8, 4) is 5.75 Å². The number of carbonyl (C=O) groups is 1. The van der Waals surface area contributed by atoms with E-state index in [0.717, 1.165) is 5.56 Å². The number of aromatic carboxylic acids is 1. The molecule has 2 rings (SSSR count). The molecule has 2 aromatic rings. The third-order valence-corrected chi connectivity index (χ3v) is 2.86. The minimum Gasteiger partial charge on any atom is -0.508 e. The molecular weight excluding hydrogens is 232 g/mol. The van der Waals surface area contributed by atoms with Gasteiger partial charge in [0.15, 0.2) is 0 Å². The fraction of sp³-hybridized carbons (Fsp3) is 0.231. The Balaban J connectivity index is 2.33. The summed E-state index contributed by atoms with van der Waals surface area (Å²) in [5.41, 5.74) is 2.36. The molecule has 0 amide bonds. The fourth-order valence-corrected chi connectivity index (χ4v) is 1.93. The molecular formula is C13H14N2O3. The Labute approximate surface area is 104 Å². The van der Waals surface area contributed by atoms with Crippen LogP contribution in [-0.4, -0.2) is 26.0 Å². The van der Waals surface area contributed by atoms with Crippen LogP contribution in [0.25, 0.3) is 0 Å². The molecule has 5 heteroatoms. The molecule has 0 aliphatic rings. The van der Waals surface area contributed by atoms with E-state index in [0.29, 0.717) is 17.9 Å². The molecule has 0 saturated heterocycles. The zero-order chi connectivity index (χ0) is 13.3. The Hall–Kier alpha value is -2.30. The molecule has 1 heterocycles. The molecule has 0 atom stereocenters. The molecule has 0 bridgehead atoms. The fourth-order valence-electron chi connectivity index (χ4n) is 1.93. The normalized spacial score (nSPS) is 10.6. The van der Waals surface area contributed by atoms with Crippen molar-refractivity contribution >= 4 is 5.97 Å². The van der Waals surface area contributed by atoms with Crippen molar-refractivity contribution in [2.75, 3.05) is 0 Å². The van der Waals surface area contributed by atoms with Gasteiger partial charge >= 0.3 is 5.97 Å². The smallest absolute Gasteiger partial charge is 0.339 e. The van der Waals surface area contributed by atoms with Crippen molar-refractivity contribution in [1.29, 1.82) is 0 Å². The largest absolute Gasteiger partial charge is 0.508 e. The highest BCUT2D eigenvalue weighted by Crippen LogP contribution is 2.16. The molecule has 0 aliphatic heterocycles. The SMILES string of the molecule is Cc1nn(Cc2ccc(O)cc2)c(C)c1C(=O)O. The van der Waals surface area contributed by atoms with Crippen molar-refractivity contribution in [2.24, 2.45) is 0 Å². The van der Waals surface area contributed by atoms with Gasteiger partial charge in [-0.25, -0.2) is 4.79 Å². The summed E-state index contributed by atoms with van der Waals surface area (Å²) in [5, 5.41) is 22.5. The summed E-state index contributed by atoms with van der Waals surface area (Å²) in [4.78, 5) is 11.1. The monoisotopic (exact) mass is 246 g/mol. The van der Waals surface area contributed by atoms with E-state index in [1.807, 2.05) is 0 Å². The maximum absolute atomic E-state index is 11.1. The lowest BCUT2D eigenvalue weighted by Crippen LogP contribution is -2.05. The second kappa shape index (κ2) is 4.52. The van der Waals surface area contributed by atoms with E-state index in [1.54, 1.807) is 42.8 Å². The first kappa shape index (κ1) is 12.2. The second-order valence-electron chi connectivity index (χ2n) is 4.18. The van der Waals surface area contributed by atoms with Gasteiger partial charge in [0.1, 0.15) is 11.3 Å². The molecule has 0 fully saturated rings. The quantitative estimate of drug-likeness (QED) is 0.868.